The summed E-state index contributed by atoms with van der Waals surface area (Å²) in [5.41, 5.74) is 2.24. The number of nitrogens with one attached hydrogen (secondary N) is 1. The minimum atomic E-state index is -0.321. The Labute approximate surface area is 144 Å². The van der Waals surface area contributed by atoms with E-state index in [9.17, 15) is 4.79 Å². The number of halogens is 1. The van der Waals surface area contributed by atoms with Crippen molar-refractivity contribution in [1.29, 1.82) is 0 Å². The van der Waals surface area contributed by atoms with Crippen LogP contribution in [0.25, 0.3) is 11.0 Å². The highest BCUT2D eigenvalue weighted by atomic mass is 35.5. The van der Waals surface area contributed by atoms with Gasteiger partial charge < -0.3 is 19.7 Å². The molecule has 3 rings (SSSR count). The van der Waals surface area contributed by atoms with E-state index in [1.165, 1.54) is 0 Å². The van der Waals surface area contributed by atoms with Gasteiger partial charge in [0.1, 0.15) is 5.58 Å². The second kappa shape index (κ2) is 6.95. The molecule has 0 atom stereocenters. The molecule has 24 heavy (non-hydrogen) atoms. The molecular weight excluding hydrogens is 328 g/mol. The van der Waals surface area contributed by atoms with E-state index >= 15 is 0 Å². The van der Waals surface area contributed by atoms with Gasteiger partial charge >= 0.3 is 0 Å². The maximum Gasteiger partial charge on any atom is 0.291 e. The summed E-state index contributed by atoms with van der Waals surface area (Å²) in [5.74, 6) is -0.0903. The van der Waals surface area contributed by atoms with E-state index in [1.807, 2.05) is 24.1 Å². The normalized spacial score (nSPS) is 10.8. The lowest BCUT2D eigenvalue weighted by molar-refractivity contribution is 0.0998. The number of hydrogen-bond donors (Lipinski definition) is 2. The van der Waals surface area contributed by atoms with E-state index in [4.69, 9.17) is 21.1 Å². The predicted octanol–water partition coefficient (Wildman–Crippen LogP) is 3.77. The molecule has 124 valence electrons. The number of fused-ring (bicyclic) bond motifs is 1. The van der Waals surface area contributed by atoms with Crippen LogP contribution in [0.5, 0.6) is 0 Å². The van der Waals surface area contributed by atoms with Crippen molar-refractivity contribution in [3.63, 3.8) is 0 Å². The zero-order chi connectivity index (χ0) is 17.1. The Hall–Kier alpha value is -2.50. The summed E-state index contributed by atoms with van der Waals surface area (Å²) in [7, 11) is 1.89. The van der Waals surface area contributed by atoms with E-state index in [0.29, 0.717) is 22.8 Å². The van der Waals surface area contributed by atoms with Crippen molar-refractivity contribution in [2.75, 3.05) is 30.4 Å². The third kappa shape index (κ3) is 3.53. The molecule has 1 heterocycles. The number of benzene rings is 2. The Balaban J connectivity index is 1.73. The Bertz CT molecular complexity index is 858. The zero-order valence-corrected chi connectivity index (χ0v) is 13.9. The van der Waals surface area contributed by atoms with Crippen LogP contribution in [0.15, 0.2) is 52.9 Å². The number of amides is 1. The van der Waals surface area contributed by atoms with Gasteiger partial charge in [-0.2, -0.15) is 0 Å². The molecule has 2 aromatic carbocycles. The summed E-state index contributed by atoms with van der Waals surface area (Å²) in [6, 6.07) is 14.2. The van der Waals surface area contributed by atoms with E-state index < -0.39 is 0 Å². The smallest absolute Gasteiger partial charge is 0.291 e. The van der Waals surface area contributed by atoms with Crippen LogP contribution in [0.2, 0.25) is 5.02 Å². The minimum Gasteiger partial charge on any atom is -0.451 e. The van der Waals surface area contributed by atoms with Crippen LogP contribution in [0, 0.1) is 0 Å². The molecule has 0 saturated heterocycles. The molecule has 0 spiro atoms. The first kappa shape index (κ1) is 16.4. The number of anilines is 2. The van der Waals surface area contributed by atoms with Crippen molar-refractivity contribution >= 4 is 39.9 Å². The monoisotopic (exact) mass is 344 g/mol. The molecule has 6 heteroatoms. The highest BCUT2D eigenvalue weighted by Crippen LogP contribution is 2.24. The molecule has 0 aliphatic rings. The fourth-order valence-corrected chi connectivity index (χ4v) is 2.58. The largest absolute Gasteiger partial charge is 0.451 e. The fraction of sp³-hybridized carbons (Fsp3) is 0.167. The quantitative estimate of drug-likeness (QED) is 0.739. The molecule has 0 bridgehead atoms. The van der Waals surface area contributed by atoms with Gasteiger partial charge in [0.15, 0.2) is 5.76 Å². The Morgan fingerprint density at radius 3 is 2.67 bits per heavy atom. The molecule has 0 unspecified atom stereocenters. The van der Waals surface area contributed by atoms with Crippen molar-refractivity contribution in [2.45, 2.75) is 0 Å². The predicted molar refractivity (Wildman–Crippen MR) is 96.0 cm³/mol. The Morgan fingerprint density at radius 2 is 1.96 bits per heavy atom. The summed E-state index contributed by atoms with van der Waals surface area (Å²) in [5, 5.41) is 13.1. The molecule has 1 aromatic heterocycles. The second-order valence-electron chi connectivity index (χ2n) is 5.44. The number of carbonyl (C=O) groups excluding carboxylic acids is 1. The summed E-state index contributed by atoms with van der Waals surface area (Å²) in [6.45, 7) is 0.637. The molecule has 2 N–H and O–H groups in total. The van der Waals surface area contributed by atoms with Crippen molar-refractivity contribution in [1.82, 2.24) is 0 Å². The molecule has 1 amide bonds. The summed E-state index contributed by atoms with van der Waals surface area (Å²) < 4.78 is 5.54. The SMILES string of the molecule is CN(CCO)c1ccc(NC(=O)c2cc3cc(Cl)ccc3o2)cc1. The third-order valence-electron chi connectivity index (χ3n) is 3.70. The van der Waals surface area contributed by atoms with Crippen LogP contribution in [0.1, 0.15) is 10.6 Å². The summed E-state index contributed by atoms with van der Waals surface area (Å²) in [4.78, 5) is 14.2. The number of aliphatic hydroxyl groups excluding tert-OH is 1. The molecular formula is C18H17ClN2O3. The molecule has 0 saturated carbocycles. The number of nitrogens with zero attached hydrogens (tertiary/aromatic N) is 1. The van der Waals surface area contributed by atoms with Gasteiger partial charge in [-0.05, 0) is 48.5 Å². The van der Waals surface area contributed by atoms with Crippen molar-refractivity contribution in [3.8, 4) is 0 Å². The van der Waals surface area contributed by atoms with E-state index in [-0.39, 0.29) is 18.3 Å². The number of carbonyl (C=O) groups is 1. The average molecular weight is 345 g/mol. The summed E-state index contributed by atoms with van der Waals surface area (Å²) >= 11 is 5.94. The molecule has 5 nitrogen and oxygen atoms in total. The van der Waals surface area contributed by atoms with Crippen LogP contribution in [-0.4, -0.2) is 31.2 Å². The topological polar surface area (TPSA) is 65.7 Å². The van der Waals surface area contributed by atoms with Crippen molar-refractivity contribution in [3.05, 3.63) is 59.3 Å². The van der Waals surface area contributed by atoms with Crippen LogP contribution in [0.3, 0.4) is 0 Å². The lowest BCUT2D eigenvalue weighted by atomic mass is 10.2. The Kier molecular flexibility index (Phi) is 4.74. The van der Waals surface area contributed by atoms with Crippen LogP contribution < -0.4 is 10.2 Å². The Morgan fingerprint density at radius 1 is 1.21 bits per heavy atom. The first-order valence-electron chi connectivity index (χ1n) is 7.49. The van der Waals surface area contributed by atoms with Gasteiger partial charge in [0.05, 0.1) is 6.61 Å². The lowest BCUT2D eigenvalue weighted by Gasteiger charge is -2.18. The molecule has 0 aliphatic carbocycles. The van der Waals surface area contributed by atoms with Gasteiger partial charge in [-0.25, -0.2) is 0 Å². The molecule has 0 radical (unpaired) electrons. The first-order valence-corrected chi connectivity index (χ1v) is 7.87. The number of likely N-dealkylation sites (N-methyl/N-ethyl adjacent to an activating group) is 1. The average Bonchev–Trinajstić information content (AvgIpc) is 2.99. The third-order valence-corrected chi connectivity index (χ3v) is 3.94. The van der Waals surface area contributed by atoms with Gasteiger partial charge in [0, 0.05) is 35.4 Å². The van der Waals surface area contributed by atoms with Gasteiger partial charge in [-0.1, -0.05) is 11.6 Å². The molecule has 3 aromatic rings. The fourth-order valence-electron chi connectivity index (χ4n) is 2.40. The van der Waals surface area contributed by atoms with Crippen LogP contribution >= 0.6 is 11.6 Å². The lowest BCUT2D eigenvalue weighted by Crippen LogP contribution is -2.21. The highest BCUT2D eigenvalue weighted by Gasteiger charge is 2.13. The van der Waals surface area contributed by atoms with Crippen LogP contribution in [-0.2, 0) is 0 Å². The van der Waals surface area contributed by atoms with E-state index in [1.54, 1.807) is 36.4 Å². The zero-order valence-electron chi connectivity index (χ0n) is 13.1. The van der Waals surface area contributed by atoms with Gasteiger partial charge in [0.2, 0.25) is 0 Å². The van der Waals surface area contributed by atoms with Crippen LogP contribution in [0.4, 0.5) is 11.4 Å². The minimum absolute atomic E-state index is 0.0883. The summed E-state index contributed by atoms with van der Waals surface area (Å²) in [6.07, 6.45) is 0. The highest BCUT2D eigenvalue weighted by molar-refractivity contribution is 6.31. The van der Waals surface area contributed by atoms with Crippen molar-refractivity contribution in [2.24, 2.45) is 0 Å². The standard InChI is InChI=1S/C18H17ClN2O3/c1-21(8-9-22)15-5-3-14(4-6-15)20-18(23)17-11-12-10-13(19)2-7-16(12)24-17/h2-7,10-11,22H,8-9H2,1H3,(H,20,23). The number of furan rings is 1. The van der Waals surface area contributed by atoms with Crippen molar-refractivity contribution < 1.29 is 14.3 Å². The molecule has 0 aliphatic heterocycles. The number of hydrogen-bond acceptors (Lipinski definition) is 4. The number of rotatable bonds is 5. The van der Waals surface area contributed by atoms with Gasteiger partial charge in [0.25, 0.3) is 5.91 Å². The maximum absolute atomic E-state index is 12.3. The molecule has 0 fully saturated rings. The first-order chi connectivity index (χ1) is 11.6. The van der Waals surface area contributed by atoms with Gasteiger partial charge in [-0.3, -0.25) is 4.79 Å². The van der Waals surface area contributed by atoms with E-state index in [0.717, 1.165) is 11.1 Å². The van der Waals surface area contributed by atoms with E-state index in [2.05, 4.69) is 5.32 Å². The maximum atomic E-state index is 12.3. The van der Waals surface area contributed by atoms with Gasteiger partial charge in [-0.15, -0.1) is 0 Å². The second-order valence-corrected chi connectivity index (χ2v) is 5.88. The number of aliphatic hydroxyl groups is 1.